The molecule has 0 heterocycles. The maximum Gasteiger partial charge on any atom is 0.251 e. The molecule has 1 unspecified atom stereocenters. The smallest absolute Gasteiger partial charge is 0.251 e. The highest BCUT2D eigenvalue weighted by Crippen LogP contribution is 2.14. The molecule has 0 radical (unpaired) electrons. The first-order valence-electron chi connectivity index (χ1n) is 8.39. The molecule has 0 saturated carbocycles. The van der Waals surface area contributed by atoms with Crippen molar-refractivity contribution in [2.75, 3.05) is 7.11 Å². The van der Waals surface area contributed by atoms with Crippen molar-refractivity contribution in [2.45, 2.75) is 37.8 Å². The van der Waals surface area contributed by atoms with Crippen molar-refractivity contribution in [1.82, 2.24) is 10.0 Å². The molecular formula is C19H24N2O4S. The van der Waals surface area contributed by atoms with Gasteiger partial charge in [0.25, 0.3) is 5.91 Å². The molecule has 0 saturated heterocycles. The van der Waals surface area contributed by atoms with Crippen molar-refractivity contribution in [3.05, 3.63) is 59.7 Å². The Morgan fingerprint density at radius 1 is 1.15 bits per heavy atom. The third-order valence-electron chi connectivity index (χ3n) is 3.98. The number of nitrogens with one attached hydrogen (secondary N) is 2. The summed E-state index contributed by atoms with van der Waals surface area (Å²) in [4.78, 5) is 12.4. The quantitative estimate of drug-likeness (QED) is 0.742. The predicted octanol–water partition coefficient (Wildman–Crippen LogP) is 2.70. The Morgan fingerprint density at radius 3 is 2.46 bits per heavy atom. The fraction of sp³-hybridized carbons (Fsp3) is 0.316. The van der Waals surface area contributed by atoms with Crippen LogP contribution in [0.3, 0.4) is 0 Å². The summed E-state index contributed by atoms with van der Waals surface area (Å²) in [5.41, 5.74) is 1.31. The Labute approximate surface area is 154 Å². The molecule has 6 nitrogen and oxygen atoms in total. The zero-order valence-electron chi connectivity index (χ0n) is 15.2. The summed E-state index contributed by atoms with van der Waals surface area (Å²) in [7, 11) is -1.99. The number of carbonyl (C=O) groups is 1. The van der Waals surface area contributed by atoms with Crippen LogP contribution in [0.5, 0.6) is 5.75 Å². The molecule has 140 valence electrons. The topological polar surface area (TPSA) is 84.5 Å². The highest BCUT2D eigenvalue weighted by atomic mass is 32.2. The van der Waals surface area contributed by atoms with Crippen LogP contribution in [-0.2, 0) is 16.6 Å². The van der Waals surface area contributed by atoms with Gasteiger partial charge in [0.05, 0.1) is 12.0 Å². The van der Waals surface area contributed by atoms with Gasteiger partial charge in [0.2, 0.25) is 10.0 Å². The maximum absolute atomic E-state index is 12.3. The summed E-state index contributed by atoms with van der Waals surface area (Å²) in [5, 5.41) is 2.81. The minimum Gasteiger partial charge on any atom is -0.497 e. The molecule has 2 aromatic rings. The van der Waals surface area contributed by atoms with Crippen LogP contribution in [0.15, 0.2) is 53.4 Å². The van der Waals surface area contributed by atoms with Crippen LogP contribution in [0.1, 0.15) is 36.2 Å². The van der Waals surface area contributed by atoms with E-state index >= 15 is 0 Å². The van der Waals surface area contributed by atoms with Gasteiger partial charge in [-0.2, -0.15) is 0 Å². The second-order valence-corrected chi connectivity index (χ2v) is 7.70. The van der Waals surface area contributed by atoms with Crippen molar-refractivity contribution in [2.24, 2.45) is 0 Å². The second kappa shape index (κ2) is 8.82. The van der Waals surface area contributed by atoms with E-state index < -0.39 is 10.0 Å². The molecule has 1 atom stereocenters. The molecule has 2 aromatic carbocycles. The largest absolute Gasteiger partial charge is 0.497 e. The number of hydrogen-bond donors (Lipinski definition) is 2. The van der Waals surface area contributed by atoms with Crippen LogP contribution in [-0.4, -0.2) is 27.5 Å². The number of methoxy groups -OCH3 is 1. The van der Waals surface area contributed by atoms with E-state index in [9.17, 15) is 13.2 Å². The maximum atomic E-state index is 12.3. The zero-order valence-corrected chi connectivity index (χ0v) is 16.0. The number of amides is 1. The molecule has 1 amide bonds. The molecular weight excluding hydrogens is 352 g/mol. The van der Waals surface area contributed by atoms with Gasteiger partial charge in [-0.05, 0) is 55.3 Å². The lowest BCUT2D eigenvalue weighted by Crippen LogP contribution is -2.32. The number of benzene rings is 2. The van der Waals surface area contributed by atoms with Gasteiger partial charge in [0, 0.05) is 18.2 Å². The van der Waals surface area contributed by atoms with Crippen molar-refractivity contribution >= 4 is 15.9 Å². The number of hydrogen-bond acceptors (Lipinski definition) is 4. The molecule has 26 heavy (non-hydrogen) atoms. The van der Waals surface area contributed by atoms with Gasteiger partial charge in [-0.3, -0.25) is 4.79 Å². The number of sulfonamides is 1. The molecule has 0 aliphatic heterocycles. The molecule has 2 N–H and O–H groups in total. The lowest BCUT2D eigenvalue weighted by atomic mass is 10.2. The van der Waals surface area contributed by atoms with E-state index in [1.807, 2.05) is 31.2 Å². The summed E-state index contributed by atoms with van der Waals surface area (Å²) in [6.45, 7) is 4.06. The Hall–Kier alpha value is -2.38. The fourth-order valence-corrected chi connectivity index (χ4v) is 3.60. The Balaban J connectivity index is 2.02. The van der Waals surface area contributed by atoms with Crippen LogP contribution in [0.4, 0.5) is 0 Å². The van der Waals surface area contributed by atoms with Crippen LogP contribution in [0, 0.1) is 0 Å². The highest BCUT2D eigenvalue weighted by Gasteiger charge is 2.17. The molecule has 0 aliphatic carbocycles. The summed E-state index contributed by atoms with van der Waals surface area (Å²) in [6, 6.07) is 13.2. The van der Waals surface area contributed by atoms with E-state index in [-0.39, 0.29) is 16.8 Å². The van der Waals surface area contributed by atoms with E-state index in [1.165, 1.54) is 24.3 Å². The average Bonchev–Trinajstić information content (AvgIpc) is 2.66. The summed E-state index contributed by atoms with van der Waals surface area (Å²) in [6.07, 6.45) is 0.698. The first kappa shape index (κ1) is 19.9. The van der Waals surface area contributed by atoms with E-state index in [4.69, 9.17) is 4.74 Å². The van der Waals surface area contributed by atoms with Gasteiger partial charge in [0.1, 0.15) is 5.75 Å². The first-order chi connectivity index (χ1) is 12.4. The van der Waals surface area contributed by atoms with Gasteiger partial charge in [-0.25, -0.2) is 13.1 Å². The Bertz CT molecular complexity index is 848. The van der Waals surface area contributed by atoms with Crippen LogP contribution in [0.25, 0.3) is 0 Å². The SMILES string of the molecule is CCC(C)NS(=O)(=O)c1ccc(C(=O)NCc2cccc(OC)c2)cc1. The van der Waals surface area contributed by atoms with Crippen LogP contribution < -0.4 is 14.8 Å². The van der Waals surface area contributed by atoms with E-state index in [2.05, 4.69) is 10.0 Å². The molecule has 7 heteroatoms. The lowest BCUT2D eigenvalue weighted by Gasteiger charge is -2.12. The minimum atomic E-state index is -3.57. The zero-order chi connectivity index (χ0) is 19.2. The predicted molar refractivity (Wildman–Crippen MR) is 101 cm³/mol. The van der Waals surface area contributed by atoms with Gasteiger partial charge in [-0.1, -0.05) is 19.1 Å². The molecule has 0 aromatic heterocycles. The molecule has 0 fully saturated rings. The van der Waals surface area contributed by atoms with Gasteiger partial charge < -0.3 is 10.1 Å². The molecule has 2 rings (SSSR count). The molecule has 0 aliphatic rings. The monoisotopic (exact) mass is 376 g/mol. The average molecular weight is 376 g/mol. The van der Waals surface area contributed by atoms with Gasteiger partial charge >= 0.3 is 0 Å². The molecule has 0 spiro atoms. The standard InChI is InChI=1S/C19H24N2O4S/c1-4-14(2)21-26(23,24)18-10-8-16(9-11-18)19(22)20-13-15-6-5-7-17(12-15)25-3/h5-12,14,21H,4,13H2,1-3H3,(H,20,22). The van der Waals surface area contributed by atoms with Crippen LogP contribution >= 0.6 is 0 Å². The van der Waals surface area contributed by atoms with Gasteiger partial charge in [-0.15, -0.1) is 0 Å². The van der Waals surface area contributed by atoms with E-state index in [1.54, 1.807) is 14.0 Å². The summed E-state index contributed by atoms with van der Waals surface area (Å²) >= 11 is 0. The van der Waals surface area contributed by atoms with Crippen LogP contribution in [0.2, 0.25) is 0 Å². The third-order valence-corrected chi connectivity index (χ3v) is 5.59. The van der Waals surface area contributed by atoms with Crippen molar-refractivity contribution in [1.29, 1.82) is 0 Å². The normalized spacial score (nSPS) is 12.4. The third kappa shape index (κ3) is 5.31. The van der Waals surface area contributed by atoms with E-state index in [0.717, 1.165) is 11.3 Å². The Morgan fingerprint density at radius 2 is 1.85 bits per heavy atom. The first-order valence-corrected chi connectivity index (χ1v) is 9.87. The lowest BCUT2D eigenvalue weighted by molar-refractivity contribution is 0.0950. The van der Waals surface area contributed by atoms with Crippen molar-refractivity contribution in [3.63, 3.8) is 0 Å². The molecule has 0 bridgehead atoms. The van der Waals surface area contributed by atoms with E-state index in [0.29, 0.717) is 18.5 Å². The number of ether oxygens (including phenoxy) is 1. The highest BCUT2D eigenvalue weighted by molar-refractivity contribution is 7.89. The number of carbonyl (C=O) groups excluding carboxylic acids is 1. The second-order valence-electron chi connectivity index (χ2n) is 5.99. The van der Waals surface area contributed by atoms with Crippen molar-refractivity contribution in [3.8, 4) is 5.75 Å². The van der Waals surface area contributed by atoms with Crippen molar-refractivity contribution < 1.29 is 17.9 Å². The minimum absolute atomic E-state index is 0.141. The Kier molecular flexibility index (Phi) is 6.76. The summed E-state index contributed by atoms with van der Waals surface area (Å²) < 4.78 is 32.2. The number of rotatable bonds is 8. The fourth-order valence-electron chi connectivity index (χ4n) is 2.27. The van der Waals surface area contributed by atoms with Gasteiger partial charge in [0.15, 0.2) is 0 Å². The summed E-state index contributed by atoms with van der Waals surface area (Å²) in [5.74, 6) is 0.451.